The number of aliphatic carboxylic acids is 1. The summed E-state index contributed by atoms with van der Waals surface area (Å²) in [5, 5.41) is 19.1. The number of aliphatic hydroxyl groups is 1. The summed E-state index contributed by atoms with van der Waals surface area (Å²) >= 11 is 0. The highest BCUT2D eigenvalue weighted by Gasteiger charge is 2.23. The smallest absolute Gasteiger partial charge is 0.345 e. The summed E-state index contributed by atoms with van der Waals surface area (Å²) in [7, 11) is 0. The van der Waals surface area contributed by atoms with Crippen LogP contribution in [0.2, 0.25) is 0 Å². The molecule has 0 rings (SSSR count). The first-order valence-corrected chi connectivity index (χ1v) is 10.1. The first-order chi connectivity index (χ1) is 12.0. The summed E-state index contributed by atoms with van der Waals surface area (Å²) in [6.45, 7) is 4.30. The Morgan fingerprint density at radius 3 is 1.80 bits per heavy atom. The SMILES string of the molecule is CCCCCCCCC(OC(=O)CC(O)CCCCCCC)C(=O)O. The van der Waals surface area contributed by atoms with Gasteiger partial charge < -0.3 is 14.9 Å². The van der Waals surface area contributed by atoms with Crippen molar-refractivity contribution >= 4 is 11.9 Å². The number of esters is 1. The van der Waals surface area contributed by atoms with Crippen molar-refractivity contribution in [1.29, 1.82) is 0 Å². The van der Waals surface area contributed by atoms with Crippen LogP contribution in [0.3, 0.4) is 0 Å². The van der Waals surface area contributed by atoms with Crippen LogP contribution in [0.4, 0.5) is 0 Å². The van der Waals surface area contributed by atoms with E-state index >= 15 is 0 Å². The molecule has 0 fully saturated rings. The lowest BCUT2D eigenvalue weighted by Gasteiger charge is -2.15. The summed E-state index contributed by atoms with van der Waals surface area (Å²) in [4.78, 5) is 23.1. The molecule has 2 atom stereocenters. The fraction of sp³-hybridized carbons (Fsp3) is 0.900. The van der Waals surface area contributed by atoms with Crippen LogP contribution in [0, 0.1) is 0 Å². The molecule has 0 aliphatic heterocycles. The van der Waals surface area contributed by atoms with Crippen molar-refractivity contribution in [1.82, 2.24) is 0 Å². The lowest BCUT2D eigenvalue weighted by molar-refractivity contribution is -0.165. The van der Waals surface area contributed by atoms with Crippen LogP contribution in [-0.2, 0) is 14.3 Å². The third-order valence-electron chi connectivity index (χ3n) is 4.41. The molecule has 5 heteroatoms. The summed E-state index contributed by atoms with van der Waals surface area (Å²) in [5.41, 5.74) is 0. The zero-order valence-electron chi connectivity index (χ0n) is 16.2. The second-order valence-electron chi connectivity index (χ2n) is 6.93. The third-order valence-corrected chi connectivity index (χ3v) is 4.41. The molecule has 0 aromatic heterocycles. The van der Waals surface area contributed by atoms with E-state index in [0.717, 1.165) is 38.5 Å². The van der Waals surface area contributed by atoms with Gasteiger partial charge in [-0.15, -0.1) is 0 Å². The molecular formula is C20H38O5. The molecule has 0 saturated carbocycles. The summed E-state index contributed by atoms with van der Waals surface area (Å²) in [5.74, 6) is -1.71. The molecule has 2 unspecified atom stereocenters. The molecule has 0 saturated heterocycles. The average molecular weight is 359 g/mol. The van der Waals surface area contributed by atoms with Crippen molar-refractivity contribution in [3.8, 4) is 0 Å². The molecule has 0 radical (unpaired) electrons. The van der Waals surface area contributed by atoms with Crippen LogP contribution < -0.4 is 0 Å². The van der Waals surface area contributed by atoms with Gasteiger partial charge in [-0.1, -0.05) is 78.1 Å². The van der Waals surface area contributed by atoms with E-state index in [0.29, 0.717) is 12.8 Å². The van der Waals surface area contributed by atoms with Gasteiger partial charge in [-0.2, -0.15) is 0 Å². The Balaban J connectivity index is 3.92. The largest absolute Gasteiger partial charge is 0.479 e. The van der Waals surface area contributed by atoms with Gasteiger partial charge in [-0.05, 0) is 19.3 Å². The van der Waals surface area contributed by atoms with Gasteiger partial charge in [-0.25, -0.2) is 4.79 Å². The number of rotatable bonds is 17. The predicted octanol–water partition coefficient (Wildman–Crippen LogP) is 4.84. The average Bonchev–Trinajstić information content (AvgIpc) is 2.56. The Kier molecular flexibility index (Phi) is 15.7. The fourth-order valence-electron chi connectivity index (χ4n) is 2.83. The zero-order chi connectivity index (χ0) is 18.9. The Bertz CT molecular complexity index is 343. The number of unbranched alkanes of at least 4 members (excludes halogenated alkanes) is 9. The van der Waals surface area contributed by atoms with E-state index in [9.17, 15) is 19.8 Å². The minimum atomic E-state index is -1.10. The second kappa shape index (κ2) is 16.4. The first kappa shape index (κ1) is 23.9. The lowest BCUT2D eigenvalue weighted by Crippen LogP contribution is -2.28. The van der Waals surface area contributed by atoms with Crippen molar-refractivity contribution < 1.29 is 24.5 Å². The number of hydrogen-bond donors (Lipinski definition) is 2. The minimum Gasteiger partial charge on any atom is -0.479 e. The van der Waals surface area contributed by atoms with E-state index in [1.807, 2.05) is 0 Å². The van der Waals surface area contributed by atoms with E-state index in [2.05, 4.69) is 13.8 Å². The van der Waals surface area contributed by atoms with Crippen LogP contribution in [0.1, 0.15) is 104 Å². The normalized spacial score (nSPS) is 13.4. The quantitative estimate of drug-likeness (QED) is 0.287. The Morgan fingerprint density at radius 2 is 1.28 bits per heavy atom. The van der Waals surface area contributed by atoms with Crippen LogP contribution in [0.15, 0.2) is 0 Å². The number of hydrogen-bond acceptors (Lipinski definition) is 4. The Hall–Kier alpha value is -1.10. The maximum atomic E-state index is 11.8. The molecule has 0 heterocycles. The summed E-state index contributed by atoms with van der Waals surface area (Å²) in [6, 6.07) is 0. The second-order valence-corrected chi connectivity index (χ2v) is 6.93. The Morgan fingerprint density at radius 1 is 0.800 bits per heavy atom. The molecule has 0 aromatic rings. The summed E-state index contributed by atoms with van der Waals surface area (Å²) < 4.78 is 5.06. The topological polar surface area (TPSA) is 83.8 Å². The van der Waals surface area contributed by atoms with Gasteiger partial charge >= 0.3 is 11.9 Å². The van der Waals surface area contributed by atoms with Gasteiger partial charge in [0.15, 0.2) is 6.10 Å². The maximum absolute atomic E-state index is 11.8. The molecule has 0 aliphatic carbocycles. The maximum Gasteiger partial charge on any atom is 0.345 e. The van der Waals surface area contributed by atoms with Crippen LogP contribution >= 0.6 is 0 Å². The third kappa shape index (κ3) is 14.9. The lowest BCUT2D eigenvalue weighted by atomic mass is 10.1. The highest BCUT2D eigenvalue weighted by atomic mass is 16.6. The zero-order valence-corrected chi connectivity index (χ0v) is 16.2. The molecule has 0 aromatic carbocycles. The fourth-order valence-corrected chi connectivity index (χ4v) is 2.83. The standard InChI is InChI=1S/C20H38O5/c1-3-5-7-9-11-13-15-18(20(23)24)25-19(22)16-17(21)14-12-10-8-6-4-2/h17-18,21H,3-16H2,1-2H3,(H,23,24). The van der Waals surface area contributed by atoms with Crippen LogP contribution in [-0.4, -0.2) is 34.4 Å². The van der Waals surface area contributed by atoms with E-state index < -0.39 is 24.1 Å². The predicted molar refractivity (Wildman–Crippen MR) is 99.5 cm³/mol. The van der Waals surface area contributed by atoms with Crippen molar-refractivity contribution in [2.24, 2.45) is 0 Å². The molecule has 0 aliphatic rings. The van der Waals surface area contributed by atoms with E-state index in [-0.39, 0.29) is 6.42 Å². The van der Waals surface area contributed by atoms with Gasteiger partial charge in [0.2, 0.25) is 0 Å². The van der Waals surface area contributed by atoms with Gasteiger partial charge in [0, 0.05) is 0 Å². The first-order valence-electron chi connectivity index (χ1n) is 10.1. The number of carbonyl (C=O) groups is 2. The Labute approximate surface area is 153 Å². The molecule has 148 valence electrons. The molecular weight excluding hydrogens is 320 g/mol. The molecule has 0 spiro atoms. The number of carbonyl (C=O) groups excluding carboxylic acids is 1. The molecule has 0 bridgehead atoms. The molecule has 5 nitrogen and oxygen atoms in total. The van der Waals surface area contributed by atoms with Gasteiger partial charge in [0.25, 0.3) is 0 Å². The molecule has 2 N–H and O–H groups in total. The number of aliphatic hydroxyl groups excluding tert-OH is 1. The number of ether oxygens (including phenoxy) is 1. The van der Waals surface area contributed by atoms with E-state index in [4.69, 9.17) is 4.74 Å². The minimum absolute atomic E-state index is 0.117. The number of carboxylic acids is 1. The van der Waals surface area contributed by atoms with E-state index in [1.165, 1.54) is 32.1 Å². The van der Waals surface area contributed by atoms with E-state index in [1.54, 1.807) is 0 Å². The van der Waals surface area contributed by atoms with Gasteiger partial charge in [0.1, 0.15) is 0 Å². The highest BCUT2D eigenvalue weighted by molar-refractivity contribution is 5.78. The van der Waals surface area contributed by atoms with Crippen LogP contribution in [0.25, 0.3) is 0 Å². The monoisotopic (exact) mass is 358 g/mol. The van der Waals surface area contributed by atoms with Crippen LogP contribution in [0.5, 0.6) is 0 Å². The van der Waals surface area contributed by atoms with Crippen molar-refractivity contribution in [3.63, 3.8) is 0 Å². The van der Waals surface area contributed by atoms with Gasteiger partial charge in [0.05, 0.1) is 12.5 Å². The molecule has 0 amide bonds. The summed E-state index contributed by atoms with van der Waals surface area (Å²) in [6.07, 6.45) is 10.7. The van der Waals surface area contributed by atoms with Crippen molar-refractivity contribution in [3.05, 3.63) is 0 Å². The number of carboxylic acid groups (broad SMARTS) is 1. The highest BCUT2D eigenvalue weighted by Crippen LogP contribution is 2.13. The van der Waals surface area contributed by atoms with Crippen molar-refractivity contribution in [2.75, 3.05) is 0 Å². The van der Waals surface area contributed by atoms with Crippen molar-refractivity contribution in [2.45, 2.75) is 116 Å². The van der Waals surface area contributed by atoms with Gasteiger partial charge in [-0.3, -0.25) is 4.79 Å². The molecule has 25 heavy (non-hydrogen) atoms.